The van der Waals surface area contributed by atoms with Gasteiger partial charge in [0.2, 0.25) is 0 Å². The van der Waals surface area contributed by atoms with Crippen LogP contribution in [0, 0.1) is 13.8 Å². The molecule has 0 spiro atoms. The smallest absolute Gasteiger partial charge is 0.260 e. The number of ether oxygens (including phenoxy) is 2. The zero-order valence-electron chi connectivity index (χ0n) is 14.1. The van der Waals surface area contributed by atoms with E-state index in [4.69, 9.17) is 21.1 Å². The highest BCUT2D eigenvalue weighted by Gasteiger charge is 2.15. The molecule has 1 unspecified atom stereocenters. The molecular formula is C19H22ClNO3. The molecule has 0 aromatic heterocycles. The van der Waals surface area contributed by atoms with E-state index in [1.54, 1.807) is 19.1 Å². The molecule has 0 aliphatic rings. The first-order valence-electron chi connectivity index (χ1n) is 7.86. The summed E-state index contributed by atoms with van der Waals surface area (Å²) >= 11 is 6.02. The maximum Gasteiger partial charge on any atom is 0.260 e. The molecule has 2 aromatic rings. The Labute approximate surface area is 147 Å². The van der Waals surface area contributed by atoms with Gasteiger partial charge in [-0.2, -0.15) is 0 Å². The van der Waals surface area contributed by atoms with Crippen LogP contribution in [-0.4, -0.2) is 25.2 Å². The van der Waals surface area contributed by atoms with Gasteiger partial charge >= 0.3 is 0 Å². The molecule has 0 heterocycles. The number of benzene rings is 2. The SMILES string of the molecule is Cc1ccc(OCCNC(=O)C(C)Oc2ccccc2Cl)c(C)c1. The molecule has 0 saturated carbocycles. The fraction of sp³-hybridized carbons (Fsp3) is 0.316. The summed E-state index contributed by atoms with van der Waals surface area (Å²) in [4.78, 5) is 12.0. The topological polar surface area (TPSA) is 47.6 Å². The number of amides is 1. The van der Waals surface area contributed by atoms with Crippen molar-refractivity contribution in [1.29, 1.82) is 0 Å². The lowest BCUT2D eigenvalue weighted by molar-refractivity contribution is -0.127. The summed E-state index contributed by atoms with van der Waals surface area (Å²) < 4.78 is 11.3. The summed E-state index contributed by atoms with van der Waals surface area (Å²) in [6.45, 7) is 6.53. The van der Waals surface area contributed by atoms with Gasteiger partial charge in [0.1, 0.15) is 18.1 Å². The lowest BCUT2D eigenvalue weighted by Crippen LogP contribution is -2.38. The average Bonchev–Trinajstić information content (AvgIpc) is 2.55. The van der Waals surface area contributed by atoms with Crippen molar-refractivity contribution in [3.05, 3.63) is 58.6 Å². The highest BCUT2D eigenvalue weighted by molar-refractivity contribution is 6.32. The number of para-hydroxylation sites is 1. The van der Waals surface area contributed by atoms with E-state index >= 15 is 0 Å². The Morgan fingerprint density at radius 3 is 2.62 bits per heavy atom. The van der Waals surface area contributed by atoms with Crippen LogP contribution in [0.3, 0.4) is 0 Å². The molecule has 0 bridgehead atoms. The second-order valence-corrected chi connectivity index (χ2v) is 6.01. The van der Waals surface area contributed by atoms with E-state index in [1.807, 2.05) is 38.1 Å². The fourth-order valence-corrected chi connectivity index (χ4v) is 2.40. The Bertz CT molecular complexity index is 703. The molecule has 1 N–H and O–H groups in total. The van der Waals surface area contributed by atoms with Crippen LogP contribution >= 0.6 is 11.6 Å². The van der Waals surface area contributed by atoms with Gasteiger partial charge in [0.05, 0.1) is 11.6 Å². The van der Waals surface area contributed by atoms with Crippen LogP contribution in [0.25, 0.3) is 0 Å². The van der Waals surface area contributed by atoms with Gasteiger partial charge in [-0.3, -0.25) is 4.79 Å². The molecular weight excluding hydrogens is 326 g/mol. The Morgan fingerprint density at radius 2 is 1.92 bits per heavy atom. The summed E-state index contributed by atoms with van der Waals surface area (Å²) in [6, 6.07) is 13.1. The van der Waals surface area contributed by atoms with Crippen LogP contribution < -0.4 is 14.8 Å². The number of hydrogen-bond donors (Lipinski definition) is 1. The van der Waals surface area contributed by atoms with Crippen molar-refractivity contribution in [2.24, 2.45) is 0 Å². The van der Waals surface area contributed by atoms with Crippen molar-refractivity contribution in [2.45, 2.75) is 26.9 Å². The monoisotopic (exact) mass is 347 g/mol. The molecule has 1 atom stereocenters. The van der Waals surface area contributed by atoms with Crippen molar-refractivity contribution < 1.29 is 14.3 Å². The van der Waals surface area contributed by atoms with E-state index in [1.165, 1.54) is 5.56 Å². The minimum absolute atomic E-state index is 0.209. The van der Waals surface area contributed by atoms with Gasteiger partial charge in [0.15, 0.2) is 6.10 Å². The maximum absolute atomic E-state index is 12.0. The van der Waals surface area contributed by atoms with E-state index in [2.05, 4.69) is 11.4 Å². The largest absolute Gasteiger partial charge is 0.491 e. The van der Waals surface area contributed by atoms with Crippen molar-refractivity contribution in [3.63, 3.8) is 0 Å². The second kappa shape index (κ2) is 8.60. The summed E-state index contributed by atoms with van der Waals surface area (Å²) in [7, 11) is 0. The van der Waals surface area contributed by atoms with Crippen molar-refractivity contribution in [2.75, 3.05) is 13.2 Å². The number of carbonyl (C=O) groups is 1. The molecule has 5 heteroatoms. The van der Waals surface area contributed by atoms with Crippen LogP contribution in [0.1, 0.15) is 18.1 Å². The van der Waals surface area contributed by atoms with E-state index < -0.39 is 6.10 Å². The standard InChI is InChI=1S/C19H22ClNO3/c1-13-8-9-17(14(2)12-13)23-11-10-21-19(22)15(3)24-18-7-5-4-6-16(18)20/h4-9,12,15H,10-11H2,1-3H3,(H,21,22). The molecule has 2 rings (SSSR count). The van der Waals surface area contributed by atoms with E-state index in [0.29, 0.717) is 23.9 Å². The third-order valence-electron chi connectivity index (χ3n) is 3.50. The minimum atomic E-state index is -0.633. The van der Waals surface area contributed by atoms with Gasteiger partial charge < -0.3 is 14.8 Å². The molecule has 1 amide bonds. The van der Waals surface area contributed by atoms with Gasteiger partial charge in [-0.1, -0.05) is 41.4 Å². The molecule has 0 saturated heterocycles. The number of nitrogens with one attached hydrogen (secondary N) is 1. The average molecular weight is 348 g/mol. The highest BCUT2D eigenvalue weighted by atomic mass is 35.5. The molecule has 2 aromatic carbocycles. The van der Waals surface area contributed by atoms with E-state index in [9.17, 15) is 4.79 Å². The summed E-state index contributed by atoms with van der Waals surface area (Å²) in [5.41, 5.74) is 2.27. The first kappa shape index (κ1) is 18.1. The normalized spacial score (nSPS) is 11.7. The molecule has 128 valence electrons. The lowest BCUT2D eigenvalue weighted by Gasteiger charge is -2.16. The number of carbonyl (C=O) groups excluding carboxylic acids is 1. The van der Waals surface area contributed by atoms with Gasteiger partial charge in [-0.05, 0) is 44.5 Å². The maximum atomic E-state index is 12.0. The third kappa shape index (κ3) is 5.17. The predicted octanol–water partition coefficient (Wildman–Crippen LogP) is 3.92. The van der Waals surface area contributed by atoms with Crippen LogP contribution in [0.4, 0.5) is 0 Å². The number of rotatable bonds is 7. The lowest BCUT2D eigenvalue weighted by atomic mass is 10.1. The summed E-state index contributed by atoms with van der Waals surface area (Å²) in [5, 5.41) is 3.27. The third-order valence-corrected chi connectivity index (χ3v) is 3.81. The Kier molecular flexibility index (Phi) is 6.50. The van der Waals surface area contributed by atoms with Gasteiger partial charge in [-0.15, -0.1) is 0 Å². The Morgan fingerprint density at radius 1 is 1.17 bits per heavy atom. The quantitative estimate of drug-likeness (QED) is 0.772. The first-order valence-corrected chi connectivity index (χ1v) is 8.24. The van der Waals surface area contributed by atoms with E-state index in [-0.39, 0.29) is 5.91 Å². The van der Waals surface area contributed by atoms with Gasteiger partial charge in [-0.25, -0.2) is 0 Å². The summed E-state index contributed by atoms with van der Waals surface area (Å²) in [5.74, 6) is 1.11. The molecule has 0 aliphatic carbocycles. The number of aryl methyl sites for hydroxylation is 2. The highest BCUT2D eigenvalue weighted by Crippen LogP contribution is 2.24. The van der Waals surface area contributed by atoms with Crippen LogP contribution in [0.5, 0.6) is 11.5 Å². The zero-order chi connectivity index (χ0) is 17.5. The predicted molar refractivity (Wildman–Crippen MR) is 96.0 cm³/mol. The van der Waals surface area contributed by atoms with Crippen LogP contribution in [0.2, 0.25) is 5.02 Å². The number of hydrogen-bond acceptors (Lipinski definition) is 3. The molecule has 24 heavy (non-hydrogen) atoms. The Hall–Kier alpha value is -2.20. The molecule has 4 nitrogen and oxygen atoms in total. The van der Waals surface area contributed by atoms with Crippen molar-refractivity contribution >= 4 is 17.5 Å². The molecule has 0 fully saturated rings. The van der Waals surface area contributed by atoms with E-state index in [0.717, 1.165) is 11.3 Å². The molecule has 0 aliphatic heterocycles. The summed E-state index contributed by atoms with van der Waals surface area (Å²) in [6.07, 6.45) is -0.633. The minimum Gasteiger partial charge on any atom is -0.491 e. The fourth-order valence-electron chi connectivity index (χ4n) is 2.22. The van der Waals surface area contributed by atoms with Gasteiger partial charge in [0.25, 0.3) is 5.91 Å². The first-order chi connectivity index (χ1) is 11.5. The zero-order valence-corrected chi connectivity index (χ0v) is 14.9. The number of halogens is 1. The van der Waals surface area contributed by atoms with Crippen molar-refractivity contribution in [3.8, 4) is 11.5 Å². The second-order valence-electron chi connectivity index (χ2n) is 5.60. The molecule has 0 radical (unpaired) electrons. The van der Waals surface area contributed by atoms with Crippen molar-refractivity contribution in [1.82, 2.24) is 5.32 Å². The Balaban J connectivity index is 1.75. The van der Waals surface area contributed by atoms with Crippen LogP contribution in [-0.2, 0) is 4.79 Å². The van der Waals surface area contributed by atoms with Crippen LogP contribution in [0.15, 0.2) is 42.5 Å². The van der Waals surface area contributed by atoms with Gasteiger partial charge in [0, 0.05) is 0 Å².